The van der Waals surface area contributed by atoms with Gasteiger partial charge in [0.1, 0.15) is 12.2 Å². The zero-order chi connectivity index (χ0) is 16.1. The summed E-state index contributed by atoms with van der Waals surface area (Å²) in [6.45, 7) is 5.36. The minimum absolute atomic E-state index is 0.0523. The Morgan fingerprint density at radius 1 is 1.48 bits per heavy atom. The summed E-state index contributed by atoms with van der Waals surface area (Å²) in [5, 5.41) is 0. The van der Waals surface area contributed by atoms with Crippen molar-refractivity contribution in [2.45, 2.75) is 25.4 Å². The molecule has 2 aliphatic heterocycles. The zero-order valence-electron chi connectivity index (χ0n) is 13.6. The summed E-state index contributed by atoms with van der Waals surface area (Å²) in [4.78, 5) is 17.9. The molecule has 6 heteroatoms. The van der Waals surface area contributed by atoms with E-state index in [0.29, 0.717) is 38.1 Å². The van der Waals surface area contributed by atoms with E-state index in [0.717, 1.165) is 19.4 Å². The number of carbonyl (C=O) groups is 1. The van der Waals surface area contributed by atoms with Gasteiger partial charge in [0.25, 0.3) is 0 Å². The first-order valence-corrected chi connectivity index (χ1v) is 8.27. The van der Waals surface area contributed by atoms with Crippen molar-refractivity contribution >= 4 is 5.91 Å². The normalized spacial score (nSPS) is 22.1. The molecule has 0 N–H and O–H groups in total. The van der Waals surface area contributed by atoms with Crippen LogP contribution >= 0.6 is 0 Å². The third-order valence-corrected chi connectivity index (χ3v) is 4.65. The van der Waals surface area contributed by atoms with Gasteiger partial charge in [0, 0.05) is 25.5 Å². The predicted octanol–water partition coefficient (Wildman–Crippen LogP) is 1.50. The highest BCUT2D eigenvalue weighted by molar-refractivity contribution is 5.78. The lowest BCUT2D eigenvalue weighted by Gasteiger charge is -2.50. The van der Waals surface area contributed by atoms with Crippen molar-refractivity contribution in [3.05, 3.63) is 24.4 Å². The van der Waals surface area contributed by atoms with Crippen LogP contribution in [0.1, 0.15) is 19.8 Å². The number of pyridine rings is 1. The Kier molecular flexibility index (Phi) is 5.13. The number of likely N-dealkylation sites (tertiary alicyclic amines) is 1. The third-order valence-electron chi connectivity index (χ3n) is 4.65. The molecule has 1 aromatic heterocycles. The van der Waals surface area contributed by atoms with E-state index in [9.17, 15) is 4.79 Å². The van der Waals surface area contributed by atoms with Gasteiger partial charge in [-0.25, -0.2) is 4.98 Å². The number of hydrogen-bond donors (Lipinski definition) is 0. The molecule has 1 unspecified atom stereocenters. The lowest BCUT2D eigenvalue weighted by atomic mass is 9.79. The van der Waals surface area contributed by atoms with Crippen molar-refractivity contribution in [3.8, 4) is 5.88 Å². The SMILES string of the molecule is CCOCC(=O)N1CC2(C1)OCCC2CCOc1ccccn1. The van der Waals surface area contributed by atoms with Crippen LogP contribution in [-0.2, 0) is 14.3 Å². The van der Waals surface area contributed by atoms with Crippen molar-refractivity contribution in [1.29, 1.82) is 0 Å². The maximum atomic E-state index is 11.9. The van der Waals surface area contributed by atoms with Crippen LogP contribution in [0.3, 0.4) is 0 Å². The molecule has 23 heavy (non-hydrogen) atoms. The summed E-state index contributed by atoms with van der Waals surface area (Å²) < 4.78 is 16.8. The van der Waals surface area contributed by atoms with Gasteiger partial charge < -0.3 is 19.1 Å². The number of aromatic nitrogens is 1. The van der Waals surface area contributed by atoms with Crippen molar-refractivity contribution in [2.75, 3.05) is 39.5 Å². The molecule has 0 aliphatic carbocycles. The van der Waals surface area contributed by atoms with E-state index in [4.69, 9.17) is 14.2 Å². The topological polar surface area (TPSA) is 60.9 Å². The molecule has 0 bridgehead atoms. The summed E-state index contributed by atoms with van der Waals surface area (Å²) >= 11 is 0. The smallest absolute Gasteiger partial charge is 0.248 e. The van der Waals surface area contributed by atoms with Gasteiger partial charge >= 0.3 is 0 Å². The van der Waals surface area contributed by atoms with Crippen LogP contribution in [0.15, 0.2) is 24.4 Å². The van der Waals surface area contributed by atoms with Gasteiger partial charge in [0.2, 0.25) is 11.8 Å². The molecule has 6 nitrogen and oxygen atoms in total. The van der Waals surface area contributed by atoms with Crippen LogP contribution < -0.4 is 4.74 Å². The van der Waals surface area contributed by atoms with Crippen molar-refractivity contribution < 1.29 is 19.0 Å². The van der Waals surface area contributed by atoms with Gasteiger partial charge in [0.15, 0.2) is 0 Å². The van der Waals surface area contributed by atoms with Crippen LogP contribution in [0.5, 0.6) is 5.88 Å². The summed E-state index contributed by atoms with van der Waals surface area (Å²) in [6, 6.07) is 5.64. The molecule has 1 atom stereocenters. The molecule has 1 spiro atoms. The largest absolute Gasteiger partial charge is 0.478 e. The van der Waals surface area contributed by atoms with Gasteiger partial charge in [-0.05, 0) is 31.7 Å². The predicted molar refractivity (Wildman–Crippen MR) is 84.2 cm³/mol. The molecular formula is C17H24N2O4. The number of nitrogens with zero attached hydrogens (tertiary/aromatic N) is 2. The first kappa shape index (κ1) is 16.2. The fourth-order valence-electron chi connectivity index (χ4n) is 3.34. The fourth-order valence-corrected chi connectivity index (χ4v) is 3.34. The minimum Gasteiger partial charge on any atom is -0.478 e. The lowest BCUT2D eigenvalue weighted by Crippen LogP contribution is -2.66. The van der Waals surface area contributed by atoms with E-state index in [1.165, 1.54) is 0 Å². The average Bonchev–Trinajstić information content (AvgIpc) is 2.96. The second kappa shape index (κ2) is 7.27. The maximum Gasteiger partial charge on any atom is 0.248 e. The van der Waals surface area contributed by atoms with Crippen molar-refractivity contribution in [1.82, 2.24) is 9.88 Å². The zero-order valence-corrected chi connectivity index (χ0v) is 13.6. The fraction of sp³-hybridized carbons (Fsp3) is 0.647. The van der Waals surface area contributed by atoms with Crippen LogP contribution in [-0.4, -0.2) is 60.9 Å². The molecular weight excluding hydrogens is 296 g/mol. The number of rotatable bonds is 7. The molecule has 2 fully saturated rings. The van der Waals surface area contributed by atoms with Crippen molar-refractivity contribution in [3.63, 3.8) is 0 Å². The summed E-state index contributed by atoms with van der Waals surface area (Å²) in [6.07, 6.45) is 3.67. The van der Waals surface area contributed by atoms with E-state index in [1.807, 2.05) is 30.0 Å². The van der Waals surface area contributed by atoms with Gasteiger partial charge in [-0.1, -0.05) is 6.07 Å². The Morgan fingerprint density at radius 2 is 2.35 bits per heavy atom. The second-order valence-corrected chi connectivity index (χ2v) is 6.09. The Balaban J connectivity index is 1.45. The molecule has 2 saturated heterocycles. The summed E-state index contributed by atoms with van der Waals surface area (Å²) in [7, 11) is 0. The van der Waals surface area contributed by atoms with E-state index in [1.54, 1.807) is 6.20 Å². The Bertz CT molecular complexity index is 517. The highest BCUT2D eigenvalue weighted by Crippen LogP contribution is 2.41. The molecule has 1 aromatic rings. The van der Waals surface area contributed by atoms with E-state index < -0.39 is 0 Å². The van der Waals surface area contributed by atoms with Gasteiger partial charge in [-0.15, -0.1) is 0 Å². The molecule has 0 saturated carbocycles. The number of carbonyl (C=O) groups excluding carboxylic acids is 1. The maximum absolute atomic E-state index is 11.9. The van der Waals surface area contributed by atoms with Crippen LogP contribution in [0.25, 0.3) is 0 Å². The third kappa shape index (κ3) is 3.64. The highest BCUT2D eigenvalue weighted by Gasteiger charge is 2.54. The molecule has 126 valence electrons. The Morgan fingerprint density at radius 3 is 3.09 bits per heavy atom. The average molecular weight is 320 g/mol. The lowest BCUT2D eigenvalue weighted by molar-refractivity contribution is -0.169. The Labute approximate surface area is 136 Å². The minimum atomic E-state index is -0.171. The van der Waals surface area contributed by atoms with Gasteiger partial charge in [-0.2, -0.15) is 0 Å². The van der Waals surface area contributed by atoms with Gasteiger partial charge in [-0.3, -0.25) is 4.79 Å². The molecule has 1 amide bonds. The summed E-state index contributed by atoms with van der Waals surface area (Å²) in [5.41, 5.74) is -0.171. The second-order valence-electron chi connectivity index (χ2n) is 6.09. The summed E-state index contributed by atoms with van der Waals surface area (Å²) in [5.74, 6) is 1.14. The van der Waals surface area contributed by atoms with Crippen LogP contribution in [0, 0.1) is 5.92 Å². The molecule has 0 radical (unpaired) electrons. The van der Waals surface area contributed by atoms with Crippen LogP contribution in [0.2, 0.25) is 0 Å². The standard InChI is InChI=1S/C17H24N2O4/c1-2-21-11-16(20)19-12-17(13-19)14(7-10-23-17)6-9-22-15-5-3-4-8-18-15/h3-5,8,14H,2,6-7,9-13H2,1H3. The first-order valence-electron chi connectivity index (χ1n) is 8.27. The van der Waals surface area contributed by atoms with E-state index >= 15 is 0 Å². The number of hydrogen-bond acceptors (Lipinski definition) is 5. The van der Waals surface area contributed by atoms with E-state index in [-0.39, 0.29) is 18.1 Å². The highest BCUT2D eigenvalue weighted by atomic mass is 16.5. The molecule has 3 heterocycles. The van der Waals surface area contributed by atoms with Crippen LogP contribution in [0.4, 0.5) is 0 Å². The quantitative estimate of drug-likeness (QED) is 0.762. The first-order chi connectivity index (χ1) is 11.2. The van der Waals surface area contributed by atoms with Gasteiger partial charge in [0.05, 0.1) is 19.7 Å². The number of amides is 1. The molecule has 0 aromatic carbocycles. The monoisotopic (exact) mass is 320 g/mol. The Hall–Kier alpha value is -1.66. The molecule has 2 aliphatic rings. The van der Waals surface area contributed by atoms with E-state index in [2.05, 4.69) is 4.98 Å². The molecule has 3 rings (SSSR count). The van der Waals surface area contributed by atoms with Crippen molar-refractivity contribution in [2.24, 2.45) is 5.92 Å². The number of ether oxygens (including phenoxy) is 3.